The molecule has 0 aliphatic carbocycles. The van der Waals surface area contributed by atoms with Gasteiger partial charge in [0.25, 0.3) is 0 Å². The average molecular weight is 195 g/mol. The molecule has 0 aromatic rings. The van der Waals surface area contributed by atoms with E-state index in [-0.39, 0.29) is 5.92 Å². The highest BCUT2D eigenvalue weighted by molar-refractivity contribution is 6.61. The number of hydrogen-bond acceptors (Lipinski definition) is 4. The van der Waals surface area contributed by atoms with Gasteiger partial charge in [0.2, 0.25) is 6.79 Å². The normalized spacial score (nSPS) is 9.67. The van der Waals surface area contributed by atoms with E-state index in [0.717, 1.165) is 0 Å². The zero-order chi connectivity index (χ0) is 9.56. The fourth-order valence-corrected chi connectivity index (χ4v) is 0.578. The molecule has 0 aromatic carbocycles. The fraction of sp³-hybridized carbons (Fsp3) is 0.714. The Balaban J connectivity index is 3.38. The molecule has 0 saturated carbocycles. The summed E-state index contributed by atoms with van der Waals surface area (Å²) in [6.45, 7) is 3.36. The molecule has 12 heavy (non-hydrogen) atoms. The van der Waals surface area contributed by atoms with Crippen molar-refractivity contribution in [1.29, 1.82) is 0 Å². The van der Waals surface area contributed by atoms with E-state index in [9.17, 15) is 9.59 Å². The lowest BCUT2D eigenvalue weighted by Gasteiger charge is -2.04. The van der Waals surface area contributed by atoms with Gasteiger partial charge in [0.1, 0.15) is 0 Å². The maximum absolute atomic E-state index is 10.8. The molecular weight excluding hydrogens is 184 g/mol. The summed E-state index contributed by atoms with van der Waals surface area (Å²) in [5.74, 6) is -0.174. The van der Waals surface area contributed by atoms with Gasteiger partial charge in [-0.05, 0) is 5.92 Å². The van der Waals surface area contributed by atoms with Crippen LogP contribution in [0, 0.1) is 5.92 Å². The summed E-state index contributed by atoms with van der Waals surface area (Å²) in [5.41, 5.74) is -0.979. The van der Waals surface area contributed by atoms with Crippen molar-refractivity contribution in [2.45, 2.75) is 20.3 Å². The van der Waals surface area contributed by atoms with Gasteiger partial charge in [-0.1, -0.05) is 13.8 Å². The van der Waals surface area contributed by atoms with Crippen LogP contribution in [0.25, 0.3) is 0 Å². The van der Waals surface area contributed by atoms with Gasteiger partial charge in [0.15, 0.2) is 0 Å². The molecule has 0 heterocycles. The Morgan fingerprint density at radius 2 is 1.92 bits per heavy atom. The first-order chi connectivity index (χ1) is 5.52. The first kappa shape index (κ1) is 11.2. The summed E-state index contributed by atoms with van der Waals surface area (Å²) in [4.78, 5) is 20.8. The zero-order valence-corrected chi connectivity index (χ0v) is 7.76. The van der Waals surface area contributed by atoms with Gasteiger partial charge in [-0.15, -0.1) is 0 Å². The van der Waals surface area contributed by atoms with Gasteiger partial charge >= 0.3 is 11.4 Å². The van der Waals surface area contributed by atoms with Crippen LogP contribution in [-0.2, 0) is 14.3 Å². The Labute approximate surface area is 75.8 Å². The number of carbonyl (C=O) groups is 2. The minimum absolute atomic E-state index is 0.226. The molecule has 0 radical (unpaired) electrons. The molecule has 4 nitrogen and oxygen atoms in total. The second kappa shape index (κ2) is 5.83. The van der Waals surface area contributed by atoms with Gasteiger partial charge in [-0.2, -0.15) is 0 Å². The predicted octanol–water partition coefficient (Wildman–Crippen LogP) is 1.91. The predicted molar refractivity (Wildman–Crippen MR) is 42.7 cm³/mol. The van der Waals surface area contributed by atoms with E-state index < -0.39 is 18.2 Å². The molecule has 0 spiro atoms. The molecule has 0 fully saturated rings. The van der Waals surface area contributed by atoms with E-state index >= 15 is 0 Å². The third kappa shape index (κ3) is 7.34. The smallest absolute Gasteiger partial charge is 0.406 e. The number of hydrogen-bond donors (Lipinski definition) is 0. The number of carbonyl (C=O) groups excluding carboxylic acids is 2. The largest absolute Gasteiger partial charge is 0.428 e. The molecule has 0 aliphatic heterocycles. The van der Waals surface area contributed by atoms with Crippen LogP contribution in [-0.4, -0.2) is 18.2 Å². The second-order valence-electron chi connectivity index (χ2n) is 2.61. The Morgan fingerprint density at radius 3 is 2.33 bits per heavy atom. The van der Waals surface area contributed by atoms with Gasteiger partial charge < -0.3 is 9.47 Å². The number of rotatable bonds is 4. The van der Waals surface area contributed by atoms with Gasteiger partial charge in [0.05, 0.1) is 0 Å². The van der Waals surface area contributed by atoms with Crippen molar-refractivity contribution in [2.24, 2.45) is 5.92 Å². The van der Waals surface area contributed by atoms with Crippen LogP contribution in [0.1, 0.15) is 20.3 Å². The zero-order valence-electron chi connectivity index (χ0n) is 7.00. The molecule has 0 aliphatic rings. The van der Waals surface area contributed by atoms with E-state index in [1.54, 1.807) is 0 Å². The molecule has 0 aromatic heterocycles. The van der Waals surface area contributed by atoms with Crippen LogP contribution < -0.4 is 0 Å². The van der Waals surface area contributed by atoms with Crippen LogP contribution in [0.4, 0.5) is 4.79 Å². The summed E-state index contributed by atoms with van der Waals surface area (Å²) in [6.07, 6.45) is 0.305. The van der Waals surface area contributed by atoms with Crippen LogP contribution in [0.2, 0.25) is 0 Å². The molecule has 5 heteroatoms. The van der Waals surface area contributed by atoms with Gasteiger partial charge in [-0.3, -0.25) is 4.79 Å². The monoisotopic (exact) mass is 194 g/mol. The highest BCUT2D eigenvalue weighted by Gasteiger charge is 2.06. The minimum atomic E-state index is -0.979. The third-order valence-electron chi connectivity index (χ3n) is 0.967. The first-order valence-corrected chi connectivity index (χ1v) is 3.88. The maximum atomic E-state index is 10.8. The number of ether oxygens (including phenoxy) is 2. The van der Waals surface area contributed by atoms with E-state index in [1.165, 1.54) is 0 Å². The molecule has 0 saturated heterocycles. The Morgan fingerprint density at radius 1 is 1.33 bits per heavy atom. The molecule has 0 atom stereocenters. The standard InChI is InChI=1S/C7H11ClO4/c1-5(2)3-6(9)11-4-12-7(8)10/h5H,3-4H2,1-2H3. The highest BCUT2D eigenvalue weighted by atomic mass is 35.5. The molecule has 0 rings (SSSR count). The third-order valence-corrected chi connectivity index (χ3v) is 1.08. The second-order valence-corrected chi connectivity index (χ2v) is 2.92. The summed E-state index contributed by atoms with van der Waals surface area (Å²) in [5, 5.41) is 0. The van der Waals surface area contributed by atoms with Crippen molar-refractivity contribution in [2.75, 3.05) is 6.79 Å². The Kier molecular flexibility index (Phi) is 5.45. The average Bonchev–Trinajstić information content (AvgIpc) is 1.84. The van der Waals surface area contributed by atoms with E-state index in [1.807, 2.05) is 13.8 Å². The van der Waals surface area contributed by atoms with E-state index in [0.29, 0.717) is 6.42 Å². The number of halogens is 1. The van der Waals surface area contributed by atoms with Gasteiger partial charge in [0, 0.05) is 18.0 Å². The van der Waals surface area contributed by atoms with Crippen molar-refractivity contribution in [3.8, 4) is 0 Å². The van der Waals surface area contributed by atoms with Gasteiger partial charge in [-0.25, -0.2) is 4.79 Å². The molecular formula is C7H11ClO4. The lowest BCUT2D eigenvalue weighted by molar-refractivity contribution is -0.152. The van der Waals surface area contributed by atoms with Crippen LogP contribution >= 0.6 is 11.6 Å². The molecule has 70 valence electrons. The van der Waals surface area contributed by atoms with Crippen molar-refractivity contribution >= 4 is 23.0 Å². The van der Waals surface area contributed by atoms with Crippen molar-refractivity contribution in [3.05, 3.63) is 0 Å². The molecule has 0 amide bonds. The SMILES string of the molecule is CC(C)CC(=O)OCOC(=O)Cl. The van der Waals surface area contributed by atoms with Crippen LogP contribution in [0.5, 0.6) is 0 Å². The van der Waals surface area contributed by atoms with E-state index in [2.05, 4.69) is 9.47 Å². The quantitative estimate of drug-likeness (QED) is 0.390. The van der Waals surface area contributed by atoms with Crippen molar-refractivity contribution in [3.63, 3.8) is 0 Å². The van der Waals surface area contributed by atoms with Crippen LogP contribution in [0.15, 0.2) is 0 Å². The summed E-state index contributed by atoms with van der Waals surface area (Å²) < 4.78 is 8.67. The maximum Gasteiger partial charge on any atom is 0.406 e. The van der Waals surface area contributed by atoms with Crippen molar-refractivity contribution < 1.29 is 19.1 Å². The lowest BCUT2D eigenvalue weighted by atomic mass is 10.1. The topological polar surface area (TPSA) is 52.6 Å². The summed E-state index contributed by atoms with van der Waals surface area (Å²) in [6, 6.07) is 0. The first-order valence-electron chi connectivity index (χ1n) is 3.50. The summed E-state index contributed by atoms with van der Waals surface area (Å²) >= 11 is 4.81. The molecule has 0 N–H and O–H groups in total. The van der Waals surface area contributed by atoms with E-state index in [4.69, 9.17) is 11.6 Å². The fourth-order valence-electron chi connectivity index (χ4n) is 0.534. The Bertz CT molecular complexity index is 167. The highest BCUT2D eigenvalue weighted by Crippen LogP contribution is 2.01. The number of esters is 1. The lowest BCUT2D eigenvalue weighted by Crippen LogP contribution is -2.11. The van der Waals surface area contributed by atoms with Crippen molar-refractivity contribution in [1.82, 2.24) is 0 Å². The minimum Gasteiger partial charge on any atom is -0.428 e. The van der Waals surface area contributed by atoms with Crippen LogP contribution in [0.3, 0.4) is 0 Å². The molecule has 0 bridgehead atoms. The Hall–Kier alpha value is -0.770. The summed E-state index contributed by atoms with van der Waals surface area (Å²) in [7, 11) is 0. The molecule has 0 unspecified atom stereocenters.